The molecule has 4 nitrogen and oxygen atoms in total. The smallest absolute Gasteiger partial charge is 0.0701 e. The first-order valence-electron chi connectivity index (χ1n) is 9.10. The zero-order chi connectivity index (χ0) is 18.2. The minimum Gasteiger partial charge on any atom is -0.378 e. The lowest BCUT2D eigenvalue weighted by Gasteiger charge is -2.30. The van der Waals surface area contributed by atoms with Crippen LogP contribution in [0, 0.1) is 19.8 Å². The molecule has 2 rings (SSSR count). The number of rotatable bonds is 9. The molecule has 2 atom stereocenters. The van der Waals surface area contributed by atoms with Gasteiger partial charge in [0, 0.05) is 24.6 Å². The highest BCUT2D eigenvalue weighted by atomic mass is 16.5. The summed E-state index contributed by atoms with van der Waals surface area (Å²) >= 11 is 0. The second kappa shape index (κ2) is 9.76. The van der Waals surface area contributed by atoms with Gasteiger partial charge in [0.25, 0.3) is 0 Å². The molecule has 138 valence electrons. The Morgan fingerprint density at radius 1 is 1.08 bits per heavy atom. The highest BCUT2D eigenvalue weighted by Crippen LogP contribution is 2.36. The van der Waals surface area contributed by atoms with Crippen molar-refractivity contribution in [2.24, 2.45) is 11.7 Å². The van der Waals surface area contributed by atoms with Crippen molar-refractivity contribution in [1.29, 1.82) is 0 Å². The Hall–Kier alpha value is -1.62. The molecule has 1 aliphatic rings. The van der Waals surface area contributed by atoms with Crippen LogP contribution in [-0.2, 0) is 9.47 Å². The first kappa shape index (κ1) is 19.7. The molecule has 1 aromatic carbocycles. The number of hydrogen-bond acceptors (Lipinski definition) is 4. The largest absolute Gasteiger partial charge is 0.378 e. The average molecular weight is 344 g/mol. The molecule has 1 aromatic rings. The van der Waals surface area contributed by atoms with E-state index < -0.39 is 0 Å². The van der Waals surface area contributed by atoms with Crippen LogP contribution in [0.3, 0.4) is 0 Å². The number of ether oxygens (including phenoxy) is 2. The van der Waals surface area contributed by atoms with Crippen LogP contribution in [0.2, 0.25) is 0 Å². The molecule has 0 saturated carbocycles. The summed E-state index contributed by atoms with van der Waals surface area (Å²) in [6, 6.07) is 6.53. The van der Waals surface area contributed by atoms with Gasteiger partial charge in [-0.1, -0.05) is 30.7 Å². The Kier molecular flexibility index (Phi) is 7.69. The van der Waals surface area contributed by atoms with Crippen LogP contribution in [-0.4, -0.2) is 33.0 Å². The molecule has 0 saturated heterocycles. The minimum atomic E-state index is 0.237. The molecule has 3 N–H and O–H groups in total. The van der Waals surface area contributed by atoms with Crippen LogP contribution < -0.4 is 11.1 Å². The van der Waals surface area contributed by atoms with Crippen molar-refractivity contribution < 1.29 is 9.47 Å². The molecular formula is C21H32N2O2. The number of allylic oxidation sites excluding steroid dienone is 1. The van der Waals surface area contributed by atoms with Gasteiger partial charge in [0.1, 0.15) is 0 Å². The Bertz CT molecular complexity index is 622. The van der Waals surface area contributed by atoms with Gasteiger partial charge >= 0.3 is 0 Å². The summed E-state index contributed by atoms with van der Waals surface area (Å²) in [6.45, 7) is 11.8. The van der Waals surface area contributed by atoms with Crippen LogP contribution >= 0.6 is 0 Å². The summed E-state index contributed by atoms with van der Waals surface area (Å²) in [5, 5.41) is 3.30. The maximum atomic E-state index is 5.97. The molecule has 0 bridgehead atoms. The van der Waals surface area contributed by atoms with E-state index >= 15 is 0 Å². The van der Waals surface area contributed by atoms with Crippen LogP contribution in [0.15, 0.2) is 41.7 Å². The average Bonchev–Trinajstić information content (AvgIpc) is 2.60. The molecule has 0 aliphatic carbocycles. The molecule has 2 unspecified atom stereocenters. The van der Waals surface area contributed by atoms with Crippen molar-refractivity contribution in [3.8, 4) is 0 Å². The summed E-state index contributed by atoms with van der Waals surface area (Å²) in [5.41, 5.74) is 12.2. The number of dihydropyridines is 1. The first-order chi connectivity index (χ1) is 12.1. The van der Waals surface area contributed by atoms with Crippen LogP contribution in [0.5, 0.6) is 0 Å². The lowest BCUT2D eigenvalue weighted by molar-refractivity contribution is 0.0470. The van der Waals surface area contributed by atoms with Crippen molar-refractivity contribution in [2.45, 2.75) is 33.6 Å². The summed E-state index contributed by atoms with van der Waals surface area (Å²) in [7, 11) is 0. The number of nitrogens with one attached hydrogen (secondary N) is 1. The summed E-state index contributed by atoms with van der Waals surface area (Å²) in [4.78, 5) is 0. The van der Waals surface area contributed by atoms with E-state index in [9.17, 15) is 0 Å². The van der Waals surface area contributed by atoms with Crippen molar-refractivity contribution in [1.82, 2.24) is 5.32 Å². The van der Waals surface area contributed by atoms with E-state index in [1.807, 2.05) is 0 Å². The Labute approximate surface area is 152 Å². The molecule has 0 radical (unpaired) electrons. The summed E-state index contributed by atoms with van der Waals surface area (Å²) in [6.07, 6.45) is 4.22. The van der Waals surface area contributed by atoms with Crippen LogP contribution in [0.1, 0.15) is 36.5 Å². The number of hydrogen-bond donors (Lipinski definition) is 2. The normalized spacial score (nSPS) is 18.4. The topological polar surface area (TPSA) is 56.5 Å². The molecule has 25 heavy (non-hydrogen) atoms. The van der Waals surface area contributed by atoms with Gasteiger partial charge in [0.15, 0.2) is 0 Å². The fraction of sp³-hybridized carbons (Fsp3) is 0.524. The van der Waals surface area contributed by atoms with Crippen molar-refractivity contribution in [3.63, 3.8) is 0 Å². The zero-order valence-corrected chi connectivity index (χ0v) is 16.0. The zero-order valence-electron chi connectivity index (χ0n) is 16.0. The maximum absolute atomic E-state index is 5.97. The Morgan fingerprint density at radius 2 is 1.84 bits per heavy atom. The quantitative estimate of drug-likeness (QED) is 0.674. The fourth-order valence-corrected chi connectivity index (χ4v) is 3.21. The van der Waals surface area contributed by atoms with Gasteiger partial charge in [-0.25, -0.2) is 0 Å². The number of benzene rings is 1. The molecule has 0 amide bonds. The lowest BCUT2D eigenvalue weighted by atomic mass is 9.79. The molecule has 0 fully saturated rings. The van der Waals surface area contributed by atoms with E-state index in [4.69, 9.17) is 15.2 Å². The van der Waals surface area contributed by atoms with Crippen molar-refractivity contribution >= 4 is 0 Å². The minimum absolute atomic E-state index is 0.237. The third kappa shape index (κ3) is 5.18. The van der Waals surface area contributed by atoms with Crippen molar-refractivity contribution in [2.75, 3.05) is 33.0 Å². The molecule has 1 heterocycles. The van der Waals surface area contributed by atoms with Crippen molar-refractivity contribution in [3.05, 3.63) is 58.4 Å². The molecule has 0 aromatic heterocycles. The van der Waals surface area contributed by atoms with E-state index in [0.29, 0.717) is 38.9 Å². The van der Waals surface area contributed by atoms with E-state index in [0.717, 1.165) is 0 Å². The van der Waals surface area contributed by atoms with Gasteiger partial charge in [-0.15, -0.1) is 0 Å². The Morgan fingerprint density at radius 3 is 2.60 bits per heavy atom. The fourth-order valence-electron chi connectivity index (χ4n) is 3.21. The third-order valence-electron chi connectivity index (χ3n) is 5.09. The highest BCUT2D eigenvalue weighted by molar-refractivity contribution is 5.42. The van der Waals surface area contributed by atoms with E-state index in [-0.39, 0.29) is 5.92 Å². The maximum Gasteiger partial charge on any atom is 0.0701 e. The summed E-state index contributed by atoms with van der Waals surface area (Å²) in [5.74, 6) is 0.642. The van der Waals surface area contributed by atoms with E-state index in [1.165, 1.54) is 27.8 Å². The monoisotopic (exact) mass is 344 g/mol. The van der Waals surface area contributed by atoms with Crippen LogP contribution in [0.25, 0.3) is 0 Å². The van der Waals surface area contributed by atoms with E-state index in [1.54, 1.807) is 0 Å². The molecule has 0 spiro atoms. The van der Waals surface area contributed by atoms with Gasteiger partial charge in [-0.3, -0.25) is 0 Å². The predicted octanol–water partition coefficient (Wildman–Crippen LogP) is 3.41. The lowest BCUT2D eigenvalue weighted by Crippen LogP contribution is -2.23. The third-order valence-corrected chi connectivity index (χ3v) is 5.09. The second-order valence-corrected chi connectivity index (χ2v) is 6.74. The SMILES string of the molecule is CC1=CNC=C(C(COCCOCCN)c2cccc(C)c2C)C1C. The van der Waals surface area contributed by atoms with Gasteiger partial charge < -0.3 is 20.5 Å². The van der Waals surface area contributed by atoms with Crippen LogP contribution in [0.4, 0.5) is 0 Å². The Balaban J connectivity index is 2.15. The first-order valence-corrected chi connectivity index (χ1v) is 9.10. The molecular weight excluding hydrogens is 312 g/mol. The van der Waals surface area contributed by atoms with Gasteiger partial charge in [0.05, 0.1) is 26.4 Å². The van der Waals surface area contributed by atoms with Gasteiger partial charge in [-0.2, -0.15) is 0 Å². The second-order valence-electron chi connectivity index (χ2n) is 6.74. The van der Waals surface area contributed by atoms with E-state index in [2.05, 4.69) is 63.6 Å². The highest BCUT2D eigenvalue weighted by Gasteiger charge is 2.26. The van der Waals surface area contributed by atoms with Gasteiger partial charge in [0.2, 0.25) is 0 Å². The standard InChI is InChI=1S/C21H32N2O2/c1-15-6-5-7-19(17(15)3)21(14-25-11-10-24-9-8-22)20-13-23-12-16(2)18(20)4/h5-7,12-13,18,21,23H,8-11,14,22H2,1-4H3. The summed E-state index contributed by atoms with van der Waals surface area (Å²) < 4.78 is 11.4. The molecule has 4 heteroatoms. The van der Waals surface area contributed by atoms with Gasteiger partial charge in [-0.05, 0) is 49.2 Å². The predicted molar refractivity (Wildman–Crippen MR) is 103 cm³/mol. The molecule has 1 aliphatic heterocycles. The number of aryl methyl sites for hydroxylation is 1. The number of nitrogens with two attached hydrogens (primary N) is 1.